The Morgan fingerprint density at radius 2 is 1.48 bits per heavy atom. The van der Waals surface area contributed by atoms with Gasteiger partial charge in [0.15, 0.2) is 0 Å². The maximum Gasteiger partial charge on any atom is 0.264 e. The number of hydrogen-bond donors (Lipinski definition) is 2. The van der Waals surface area contributed by atoms with Gasteiger partial charge in [0.2, 0.25) is 0 Å². The van der Waals surface area contributed by atoms with E-state index >= 15 is 0 Å². The zero-order valence-electron chi connectivity index (χ0n) is 22.8. The third kappa shape index (κ3) is 9.68. The van der Waals surface area contributed by atoms with Crippen molar-refractivity contribution in [2.45, 2.75) is 47.8 Å². The molecule has 0 spiro atoms. The minimum absolute atomic E-state index is 0.00763. The Balaban J connectivity index is 1.47. The van der Waals surface area contributed by atoms with Crippen molar-refractivity contribution < 1.29 is 25.9 Å². The van der Waals surface area contributed by atoms with Gasteiger partial charge in [-0.15, -0.1) is 0 Å². The fraction of sp³-hybridized carbons (Fsp3) is 0.357. The fourth-order valence-corrected chi connectivity index (χ4v) is 8.33. The molecule has 1 atom stereocenters. The Labute approximate surface area is 266 Å². The molecule has 2 aromatic carbocycles. The van der Waals surface area contributed by atoms with Gasteiger partial charge in [0, 0.05) is 32.9 Å². The first-order valence-electron chi connectivity index (χ1n) is 13.2. The van der Waals surface area contributed by atoms with E-state index in [-0.39, 0.29) is 16.9 Å². The first-order valence-corrected chi connectivity index (χ1v) is 18.9. The first-order chi connectivity index (χ1) is 19.8. The molecule has 0 aromatic heterocycles. The lowest BCUT2D eigenvalue weighted by molar-refractivity contribution is 0.478. The van der Waals surface area contributed by atoms with Crippen molar-refractivity contribution in [3.63, 3.8) is 0 Å². The standard InChI is InChI=1S/C28H32Cl2N2O6S4/c1-20(6-12-27-31(14-2-4-16-41(33,34)35)23-18-21(29)8-10-25(23)39-27)7-13-28-32(15-3-5-17-42(36,37)38)24-19-22(30)9-11-26(24)40-28/h6-13,18-19,27H,2-5,14-17H2,1H3,(H,33,34,35)(H,36,37,38)/b12-6+,20-7+,28-13+. The average molecular weight is 692 g/mol. The molecule has 0 saturated carbocycles. The zero-order chi connectivity index (χ0) is 30.5. The smallest absolute Gasteiger partial charge is 0.264 e. The first kappa shape index (κ1) is 33.3. The third-order valence-corrected chi connectivity index (χ3v) is 11.0. The van der Waals surface area contributed by atoms with Gasteiger partial charge in [0.05, 0.1) is 33.3 Å². The summed E-state index contributed by atoms with van der Waals surface area (Å²) in [5, 5.41) is 2.23. The van der Waals surface area contributed by atoms with Gasteiger partial charge in [0.25, 0.3) is 20.2 Å². The van der Waals surface area contributed by atoms with Crippen LogP contribution in [0.3, 0.4) is 0 Å². The minimum atomic E-state index is -3.99. The Bertz CT molecular complexity index is 1610. The van der Waals surface area contributed by atoms with E-state index in [0.29, 0.717) is 48.8 Å². The molecule has 0 saturated heterocycles. The van der Waals surface area contributed by atoms with Gasteiger partial charge >= 0.3 is 0 Å². The topological polar surface area (TPSA) is 115 Å². The number of anilines is 2. The minimum Gasteiger partial charge on any atom is -0.355 e. The van der Waals surface area contributed by atoms with E-state index in [1.54, 1.807) is 23.5 Å². The van der Waals surface area contributed by atoms with Crippen molar-refractivity contribution in [3.05, 3.63) is 81.3 Å². The van der Waals surface area contributed by atoms with Crippen LogP contribution in [0.4, 0.5) is 11.4 Å². The van der Waals surface area contributed by atoms with Crippen molar-refractivity contribution in [1.29, 1.82) is 0 Å². The van der Waals surface area contributed by atoms with E-state index in [2.05, 4.69) is 15.9 Å². The quantitative estimate of drug-likeness (QED) is 0.124. The Morgan fingerprint density at radius 1 is 0.881 bits per heavy atom. The summed E-state index contributed by atoms with van der Waals surface area (Å²) in [6.45, 7) is 3.20. The molecule has 2 heterocycles. The van der Waals surface area contributed by atoms with Gasteiger partial charge in [-0.25, -0.2) is 0 Å². The number of benzene rings is 2. The molecule has 1 unspecified atom stereocenters. The van der Waals surface area contributed by atoms with E-state index in [4.69, 9.17) is 32.3 Å². The Morgan fingerprint density at radius 3 is 2.12 bits per heavy atom. The van der Waals surface area contributed by atoms with Crippen LogP contribution in [0.1, 0.15) is 32.6 Å². The number of nitrogens with zero attached hydrogens (tertiary/aromatic N) is 2. The molecule has 2 aromatic rings. The van der Waals surface area contributed by atoms with Crippen molar-refractivity contribution in [3.8, 4) is 0 Å². The van der Waals surface area contributed by atoms with Crippen LogP contribution in [0.5, 0.6) is 0 Å². The number of halogens is 2. The van der Waals surface area contributed by atoms with Crippen LogP contribution in [-0.4, -0.2) is 55.9 Å². The van der Waals surface area contributed by atoms with Crippen molar-refractivity contribution in [2.75, 3.05) is 34.4 Å². The number of allylic oxidation sites excluding steroid dienone is 4. The van der Waals surface area contributed by atoms with E-state index in [0.717, 1.165) is 31.8 Å². The number of rotatable bonds is 13. The highest BCUT2D eigenvalue weighted by molar-refractivity contribution is 8.03. The van der Waals surface area contributed by atoms with Crippen LogP contribution in [0.2, 0.25) is 10.0 Å². The molecule has 0 fully saturated rings. The van der Waals surface area contributed by atoms with Gasteiger partial charge < -0.3 is 9.80 Å². The second-order valence-corrected chi connectivity index (χ2v) is 16.2. The van der Waals surface area contributed by atoms with Crippen molar-refractivity contribution >= 4 is 78.3 Å². The maximum atomic E-state index is 11.1. The van der Waals surface area contributed by atoms with Crippen LogP contribution < -0.4 is 9.80 Å². The number of unbranched alkanes of at least 4 members (excludes halogenated alkanes) is 2. The highest BCUT2D eigenvalue weighted by atomic mass is 35.5. The van der Waals surface area contributed by atoms with Crippen LogP contribution in [-0.2, 0) is 20.2 Å². The van der Waals surface area contributed by atoms with Gasteiger partial charge in [-0.2, -0.15) is 16.8 Å². The molecule has 2 aliphatic rings. The Kier molecular flexibility index (Phi) is 11.4. The molecule has 228 valence electrons. The predicted octanol–water partition coefficient (Wildman–Crippen LogP) is 7.52. The summed E-state index contributed by atoms with van der Waals surface area (Å²) in [4.78, 5) is 6.46. The number of fused-ring (bicyclic) bond motifs is 2. The lowest BCUT2D eigenvalue weighted by Crippen LogP contribution is -2.29. The largest absolute Gasteiger partial charge is 0.355 e. The van der Waals surface area contributed by atoms with Gasteiger partial charge in [-0.3, -0.25) is 9.11 Å². The second-order valence-electron chi connectivity index (χ2n) is 9.94. The lowest BCUT2D eigenvalue weighted by atomic mass is 10.2. The molecule has 0 radical (unpaired) electrons. The molecule has 14 heteroatoms. The fourth-order valence-electron chi connectivity index (χ4n) is 4.58. The summed E-state index contributed by atoms with van der Waals surface area (Å²) in [6, 6.07) is 11.5. The molecule has 0 amide bonds. The van der Waals surface area contributed by atoms with E-state index in [1.165, 1.54) is 0 Å². The van der Waals surface area contributed by atoms with Crippen LogP contribution in [0.25, 0.3) is 0 Å². The summed E-state index contributed by atoms with van der Waals surface area (Å²) in [7, 11) is -7.98. The molecule has 2 N–H and O–H groups in total. The molecular formula is C28H32Cl2N2O6S4. The Hall–Kier alpha value is -1.64. The second kappa shape index (κ2) is 14.4. The highest BCUT2D eigenvalue weighted by Crippen LogP contribution is 2.47. The molecule has 8 nitrogen and oxygen atoms in total. The zero-order valence-corrected chi connectivity index (χ0v) is 27.6. The molecule has 0 bridgehead atoms. The number of thioether (sulfide) groups is 2. The predicted molar refractivity (Wildman–Crippen MR) is 175 cm³/mol. The molecule has 2 aliphatic heterocycles. The molecular weight excluding hydrogens is 659 g/mol. The monoisotopic (exact) mass is 690 g/mol. The van der Waals surface area contributed by atoms with Gasteiger partial charge in [0.1, 0.15) is 0 Å². The van der Waals surface area contributed by atoms with Crippen LogP contribution in [0.15, 0.2) is 81.1 Å². The maximum absolute atomic E-state index is 11.1. The summed E-state index contributed by atoms with van der Waals surface area (Å²) in [6.07, 6.45) is 10.1. The SMILES string of the molecule is CC(/C=C/C1Sc2ccc(Cl)cc2N1CCCCS(=O)(=O)O)=C\C=C1\Sc2ccc(Cl)cc2N1CCCCS(=O)(=O)O. The van der Waals surface area contributed by atoms with E-state index in [1.807, 2.05) is 61.5 Å². The van der Waals surface area contributed by atoms with E-state index < -0.39 is 20.2 Å². The average Bonchev–Trinajstić information content (AvgIpc) is 3.42. The highest BCUT2D eigenvalue weighted by Gasteiger charge is 2.28. The normalized spacial score (nSPS) is 18.4. The summed E-state index contributed by atoms with van der Waals surface area (Å²) < 4.78 is 62.6. The number of hydrogen-bond acceptors (Lipinski definition) is 8. The van der Waals surface area contributed by atoms with Crippen LogP contribution in [0, 0.1) is 0 Å². The van der Waals surface area contributed by atoms with Gasteiger partial charge in [-0.1, -0.05) is 70.5 Å². The lowest BCUT2D eigenvalue weighted by Gasteiger charge is -2.24. The summed E-state index contributed by atoms with van der Waals surface area (Å²) in [5.41, 5.74) is 2.99. The summed E-state index contributed by atoms with van der Waals surface area (Å²) in [5.74, 6) is -0.537. The molecule has 42 heavy (non-hydrogen) atoms. The third-order valence-electron chi connectivity index (χ3n) is 6.58. The molecule has 4 rings (SSSR count). The van der Waals surface area contributed by atoms with Crippen molar-refractivity contribution in [1.82, 2.24) is 0 Å². The van der Waals surface area contributed by atoms with Crippen molar-refractivity contribution in [2.24, 2.45) is 0 Å². The van der Waals surface area contributed by atoms with Crippen LogP contribution >= 0.6 is 46.7 Å². The van der Waals surface area contributed by atoms with E-state index in [9.17, 15) is 16.8 Å². The van der Waals surface area contributed by atoms with Gasteiger partial charge in [-0.05, 0) is 75.1 Å². The molecule has 0 aliphatic carbocycles. The summed E-state index contributed by atoms with van der Waals surface area (Å²) >= 11 is 15.8.